The van der Waals surface area contributed by atoms with Crippen molar-refractivity contribution >= 4 is 34.7 Å². The van der Waals surface area contributed by atoms with Crippen LogP contribution >= 0.6 is 11.9 Å². The smallest absolute Gasteiger partial charge is 0.150 e. The van der Waals surface area contributed by atoms with E-state index in [9.17, 15) is 4.79 Å². The number of fused-ring (bicyclic) bond motifs is 1. The van der Waals surface area contributed by atoms with Gasteiger partial charge in [-0.3, -0.25) is 14.4 Å². The average molecular weight is 512 g/mol. The Morgan fingerprint density at radius 1 is 0.919 bits per heavy atom. The Hall–Kier alpha value is -3.12. The van der Waals surface area contributed by atoms with E-state index in [0.29, 0.717) is 12.0 Å². The molecule has 0 aliphatic carbocycles. The molecule has 2 unspecified atom stereocenters. The van der Waals surface area contributed by atoms with E-state index >= 15 is 0 Å². The number of anilines is 1. The predicted octanol–water partition coefficient (Wildman–Crippen LogP) is 7.20. The van der Waals surface area contributed by atoms with Gasteiger partial charge in [0.1, 0.15) is 6.29 Å². The fraction of sp³-hybridized carbons (Fsp3) is 0.281. The second-order valence-electron chi connectivity index (χ2n) is 9.69. The van der Waals surface area contributed by atoms with Crippen LogP contribution in [-0.2, 0) is 6.54 Å². The highest BCUT2D eigenvalue weighted by Crippen LogP contribution is 2.32. The lowest BCUT2D eigenvalue weighted by atomic mass is 9.94. The van der Waals surface area contributed by atoms with Crippen LogP contribution in [0.25, 0.3) is 10.8 Å². The van der Waals surface area contributed by atoms with Gasteiger partial charge < -0.3 is 5.32 Å². The first-order valence-corrected chi connectivity index (χ1v) is 13.8. The first-order chi connectivity index (χ1) is 18.1. The number of benzene rings is 4. The first kappa shape index (κ1) is 26.9. The number of aryl methyl sites for hydroxylation is 1. The lowest BCUT2D eigenvalue weighted by Crippen LogP contribution is -2.46. The van der Waals surface area contributed by atoms with Gasteiger partial charge in [0.05, 0.1) is 0 Å². The number of hydrogen-bond acceptors (Lipinski definition) is 5. The van der Waals surface area contributed by atoms with Crippen molar-refractivity contribution in [2.45, 2.75) is 37.8 Å². The third-order valence-electron chi connectivity index (χ3n) is 7.03. The second-order valence-corrected chi connectivity index (χ2v) is 10.6. The SMILES string of the molecule is CNc1ccc(SNC2CCN(Cc3ccccc3)CC2C)c2ccccc12.Cc1ccccc1C=O. The molecule has 5 rings (SSSR count). The molecule has 1 heterocycles. The number of likely N-dealkylation sites (tertiary alicyclic amines) is 1. The predicted molar refractivity (Wildman–Crippen MR) is 158 cm³/mol. The molecule has 2 atom stereocenters. The summed E-state index contributed by atoms with van der Waals surface area (Å²) >= 11 is 1.79. The van der Waals surface area contributed by atoms with Crippen molar-refractivity contribution in [1.29, 1.82) is 0 Å². The Bertz CT molecular complexity index is 1290. The fourth-order valence-corrected chi connectivity index (χ4v) is 5.88. The highest BCUT2D eigenvalue weighted by atomic mass is 32.2. The van der Waals surface area contributed by atoms with E-state index in [2.05, 4.69) is 88.6 Å². The summed E-state index contributed by atoms with van der Waals surface area (Å²) in [5, 5.41) is 5.89. The fourth-order valence-electron chi connectivity index (χ4n) is 4.83. The molecule has 0 bridgehead atoms. The quantitative estimate of drug-likeness (QED) is 0.203. The number of hydrogen-bond donors (Lipinski definition) is 2. The molecule has 1 aliphatic heterocycles. The molecular formula is C32H37N3OS. The molecule has 1 saturated heterocycles. The zero-order valence-corrected chi connectivity index (χ0v) is 22.8. The topological polar surface area (TPSA) is 44.4 Å². The van der Waals surface area contributed by atoms with Gasteiger partial charge in [-0.15, -0.1) is 0 Å². The van der Waals surface area contributed by atoms with Crippen LogP contribution in [0.1, 0.15) is 34.8 Å². The molecule has 4 aromatic carbocycles. The maximum absolute atomic E-state index is 10.2. The molecule has 1 aliphatic rings. The zero-order chi connectivity index (χ0) is 26.0. The Morgan fingerprint density at radius 3 is 2.30 bits per heavy atom. The minimum absolute atomic E-state index is 0.541. The number of carbonyl (C=O) groups is 1. The minimum atomic E-state index is 0.541. The summed E-state index contributed by atoms with van der Waals surface area (Å²) in [4.78, 5) is 14.1. The van der Waals surface area contributed by atoms with Crippen molar-refractivity contribution in [3.63, 3.8) is 0 Å². The molecule has 4 aromatic rings. The van der Waals surface area contributed by atoms with Gasteiger partial charge in [0.25, 0.3) is 0 Å². The van der Waals surface area contributed by atoms with Gasteiger partial charge in [0, 0.05) is 54.3 Å². The van der Waals surface area contributed by atoms with Crippen LogP contribution in [0, 0.1) is 12.8 Å². The van der Waals surface area contributed by atoms with E-state index < -0.39 is 0 Å². The van der Waals surface area contributed by atoms with E-state index in [-0.39, 0.29) is 0 Å². The van der Waals surface area contributed by atoms with Gasteiger partial charge in [-0.2, -0.15) is 0 Å². The highest BCUT2D eigenvalue weighted by Gasteiger charge is 2.26. The molecular weight excluding hydrogens is 474 g/mol. The lowest BCUT2D eigenvalue weighted by Gasteiger charge is -2.37. The Balaban J connectivity index is 0.000000301. The number of nitrogens with zero attached hydrogens (tertiary/aromatic N) is 1. The summed E-state index contributed by atoms with van der Waals surface area (Å²) in [5.41, 5.74) is 4.40. The van der Waals surface area contributed by atoms with Crippen molar-refractivity contribution in [3.05, 3.63) is 108 Å². The van der Waals surface area contributed by atoms with Gasteiger partial charge in [-0.1, -0.05) is 85.8 Å². The van der Waals surface area contributed by atoms with Crippen LogP contribution in [0.2, 0.25) is 0 Å². The normalized spacial score (nSPS) is 17.6. The van der Waals surface area contributed by atoms with Crippen LogP contribution in [0.3, 0.4) is 0 Å². The molecule has 0 spiro atoms. The minimum Gasteiger partial charge on any atom is -0.388 e. The van der Waals surface area contributed by atoms with E-state index in [1.807, 2.05) is 38.2 Å². The van der Waals surface area contributed by atoms with Crippen LogP contribution in [-0.4, -0.2) is 37.4 Å². The summed E-state index contributed by atoms with van der Waals surface area (Å²) < 4.78 is 3.77. The van der Waals surface area contributed by atoms with Crippen LogP contribution in [0.15, 0.2) is 95.9 Å². The molecule has 0 saturated carbocycles. The lowest BCUT2D eigenvalue weighted by molar-refractivity contribution is 0.112. The molecule has 4 nitrogen and oxygen atoms in total. The number of aldehydes is 1. The highest BCUT2D eigenvalue weighted by molar-refractivity contribution is 7.97. The third kappa shape index (κ3) is 7.22. The molecule has 5 heteroatoms. The van der Waals surface area contributed by atoms with Crippen LogP contribution in [0.4, 0.5) is 5.69 Å². The monoisotopic (exact) mass is 511 g/mol. The molecule has 2 N–H and O–H groups in total. The van der Waals surface area contributed by atoms with Crippen LogP contribution < -0.4 is 10.0 Å². The third-order valence-corrected chi connectivity index (χ3v) is 8.02. The van der Waals surface area contributed by atoms with Gasteiger partial charge in [0.15, 0.2) is 0 Å². The number of piperidine rings is 1. The van der Waals surface area contributed by atoms with E-state index in [4.69, 9.17) is 0 Å². The zero-order valence-electron chi connectivity index (χ0n) is 22.0. The maximum Gasteiger partial charge on any atom is 0.150 e. The summed E-state index contributed by atoms with van der Waals surface area (Å²) in [6, 6.07) is 31.9. The summed E-state index contributed by atoms with van der Waals surface area (Å²) in [7, 11) is 1.98. The number of carbonyl (C=O) groups excluding carboxylic acids is 1. The van der Waals surface area contributed by atoms with E-state index in [1.165, 1.54) is 33.3 Å². The molecule has 0 radical (unpaired) electrons. The van der Waals surface area contributed by atoms with Gasteiger partial charge in [0.2, 0.25) is 0 Å². The van der Waals surface area contributed by atoms with Crippen molar-refractivity contribution in [1.82, 2.24) is 9.62 Å². The molecule has 0 aromatic heterocycles. The number of nitrogens with one attached hydrogen (secondary N) is 2. The summed E-state index contributed by atoms with van der Waals surface area (Å²) in [6.45, 7) is 7.64. The van der Waals surface area contributed by atoms with Crippen molar-refractivity contribution < 1.29 is 4.79 Å². The van der Waals surface area contributed by atoms with E-state index in [1.54, 1.807) is 11.9 Å². The maximum atomic E-state index is 10.2. The van der Waals surface area contributed by atoms with E-state index in [0.717, 1.165) is 37.0 Å². The number of rotatable bonds is 7. The molecule has 1 fully saturated rings. The van der Waals surface area contributed by atoms with Gasteiger partial charge in [-0.05, 0) is 59.9 Å². The Kier molecular flexibility index (Phi) is 9.78. The summed E-state index contributed by atoms with van der Waals surface area (Å²) in [5.74, 6) is 0.632. The van der Waals surface area contributed by atoms with Crippen LogP contribution in [0.5, 0.6) is 0 Å². The van der Waals surface area contributed by atoms with Crippen molar-refractivity contribution in [2.75, 3.05) is 25.5 Å². The Labute approximate surface area is 225 Å². The molecule has 192 valence electrons. The van der Waals surface area contributed by atoms with Crippen molar-refractivity contribution in [2.24, 2.45) is 5.92 Å². The molecule has 37 heavy (non-hydrogen) atoms. The summed E-state index contributed by atoms with van der Waals surface area (Å²) in [6.07, 6.45) is 2.06. The average Bonchev–Trinajstić information content (AvgIpc) is 2.94. The largest absolute Gasteiger partial charge is 0.388 e. The molecule has 0 amide bonds. The standard InChI is InChI=1S/C24H29N3S.C8H8O/c1-18-16-27(17-19-8-4-3-5-9-19)15-14-22(18)26-28-24-13-12-23(25-2)20-10-6-7-11-21(20)24;1-7-4-2-3-5-8(7)6-9/h3-13,18,22,25-26H,14-17H2,1-2H3;2-6H,1H3. The second kappa shape index (κ2) is 13.4. The van der Waals surface area contributed by atoms with Gasteiger partial charge in [-0.25, -0.2) is 0 Å². The van der Waals surface area contributed by atoms with Gasteiger partial charge >= 0.3 is 0 Å². The Morgan fingerprint density at radius 2 is 1.62 bits per heavy atom. The van der Waals surface area contributed by atoms with Crippen molar-refractivity contribution in [3.8, 4) is 0 Å². The first-order valence-electron chi connectivity index (χ1n) is 13.0.